The summed E-state index contributed by atoms with van der Waals surface area (Å²) in [5, 5.41) is 3.57. The van der Waals surface area contributed by atoms with Gasteiger partial charge in [0.05, 0.1) is 0 Å². The molecular formula is C20H35N. The van der Waals surface area contributed by atoms with Crippen molar-refractivity contribution in [1.82, 2.24) is 5.32 Å². The van der Waals surface area contributed by atoms with Gasteiger partial charge in [-0.05, 0) is 59.9 Å². The molecule has 0 saturated heterocycles. The van der Waals surface area contributed by atoms with Gasteiger partial charge in [0.2, 0.25) is 0 Å². The minimum Gasteiger partial charge on any atom is -0.315 e. The molecule has 1 heteroatoms. The Kier molecular flexibility index (Phi) is 6.93. The Morgan fingerprint density at radius 1 is 0.952 bits per heavy atom. The van der Waals surface area contributed by atoms with Gasteiger partial charge in [-0.3, -0.25) is 0 Å². The van der Waals surface area contributed by atoms with Crippen molar-refractivity contribution in [2.75, 3.05) is 6.54 Å². The van der Waals surface area contributed by atoms with Crippen LogP contribution >= 0.6 is 0 Å². The number of benzene rings is 1. The highest BCUT2D eigenvalue weighted by atomic mass is 14.9. The van der Waals surface area contributed by atoms with Crippen LogP contribution in [0.3, 0.4) is 0 Å². The predicted octanol–water partition coefficient (Wildman–Crippen LogP) is 5.04. The highest BCUT2D eigenvalue weighted by molar-refractivity contribution is 5.44. The third-order valence-electron chi connectivity index (χ3n) is 4.51. The molecular weight excluding hydrogens is 254 g/mol. The monoisotopic (exact) mass is 289 g/mol. The summed E-state index contributed by atoms with van der Waals surface area (Å²) < 4.78 is 0. The molecule has 0 saturated carbocycles. The van der Waals surface area contributed by atoms with Crippen LogP contribution in [0.5, 0.6) is 0 Å². The molecule has 120 valence electrons. The maximum Gasteiger partial charge on any atom is 0.00103 e. The van der Waals surface area contributed by atoms with Gasteiger partial charge in [0.15, 0.2) is 0 Å². The first kappa shape index (κ1) is 18.2. The van der Waals surface area contributed by atoms with Crippen LogP contribution in [0.4, 0.5) is 0 Å². The van der Waals surface area contributed by atoms with Crippen molar-refractivity contribution in [1.29, 1.82) is 0 Å². The molecule has 0 aliphatic rings. The molecule has 0 fully saturated rings. The van der Waals surface area contributed by atoms with E-state index in [1.54, 1.807) is 16.7 Å². The fourth-order valence-electron chi connectivity index (χ4n) is 3.27. The molecule has 1 nitrogen and oxygen atoms in total. The van der Waals surface area contributed by atoms with Gasteiger partial charge in [-0.15, -0.1) is 0 Å². The maximum absolute atomic E-state index is 3.57. The molecule has 1 N–H and O–H groups in total. The first-order valence-corrected chi connectivity index (χ1v) is 8.74. The standard InChI is InChI=1S/C20H35N/c1-8-16-13-17(9-2)19(18(10-3)14-16)20(6,7)11-12-21-15(4)5/h13-15,21H,8-12H2,1-7H3. The lowest BCUT2D eigenvalue weighted by molar-refractivity contribution is 0.436. The van der Waals surface area contributed by atoms with Crippen molar-refractivity contribution in [2.24, 2.45) is 0 Å². The Balaban J connectivity index is 3.13. The van der Waals surface area contributed by atoms with E-state index in [-0.39, 0.29) is 5.41 Å². The lowest BCUT2D eigenvalue weighted by Crippen LogP contribution is -2.31. The summed E-state index contributed by atoms with van der Waals surface area (Å²) in [6.07, 6.45) is 4.60. The van der Waals surface area contributed by atoms with Crippen molar-refractivity contribution in [3.8, 4) is 0 Å². The number of hydrogen-bond acceptors (Lipinski definition) is 1. The topological polar surface area (TPSA) is 12.0 Å². The van der Waals surface area contributed by atoms with Gasteiger partial charge < -0.3 is 5.32 Å². The van der Waals surface area contributed by atoms with E-state index in [2.05, 4.69) is 65.9 Å². The van der Waals surface area contributed by atoms with Crippen LogP contribution in [-0.2, 0) is 24.7 Å². The van der Waals surface area contributed by atoms with E-state index in [1.807, 2.05) is 0 Å². The fraction of sp³-hybridized carbons (Fsp3) is 0.700. The first-order chi connectivity index (χ1) is 9.85. The summed E-state index contributed by atoms with van der Waals surface area (Å²) in [5.41, 5.74) is 6.45. The first-order valence-electron chi connectivity index (χ1n) is 8.74. The molecule has 0 heterocycles. The van der Waals surface area contributed by atoms with E-state index in [9.17, 15) is 0 Å². The zero-order valence-electron chi connectivity index (χ0n) is 15.3. The molecule has 0 amide bonds. The van der Waals surface area contributed by atoms with E-state index in [0.717, 1.165) is 25.8 Å². The molecule has 0 radical (unpaired) electrons. The van der Waals surface area contributed by atoms with Crippen LogP contribution in [0.25, 0.3) is 0 Å². The van der Waals surface area contributed by atoms with E-state index in [1.165, 1.54) is 12.0 Å². The zero-order chi connectivity index (χ0) is 16.0. The quantitative estimate of drug-likeness (QED) is 0.707. The summed E-state index contributed by atoms with van der Waals surface area (Å²) in [6, 6.07) is 5.44. The van der Waals surface area contributed by atoms with Crippen LogP contribution in [0.15, 0.2) is 12.1 Å². The molecule has 0 aromatic heterocycles. The molecule has 0 unspecified atom stereocenters. The number of rotatable bonds is 8. The van der Waals surface area contributed by atoms with Crippen LogP contribution < -0.4 is 5.32 Å². The Hall–Kier alpha value is -0.820. The molecule has 0 aliphatic carbocycles. The average molecular weight is 290 g/mol. The van der Waals surface area contributed by atoms with Gasteiger partial charge >= 0.3 is 0 Å². The Morgan fingerprint density at radius 3 is 1.86 bits per heavy atom. The third-order valence-corrected chi connectivity index (χ3v) is 4.51. The average Bonchev–Trinajstić information content (AvgIpc) is 2.44. The van der Waals surface area contributed by atoms with Crippen molar-refractivity contribution < 1.29 is 0 Å². The Morgan fingerprint density at radius 2 is 1.48 bits per heavy atom. The number of aryl methyl sites for hydroxylation is 3. The smallest absolute Gasteiger partial charge is 0.00103 e. The highest BCUT2D eigenvalue weighted by Crippen LogP contribution is 2.34. The lowest BCUT2D eigenvalue weighted by Gasteiger charge is -2.31. The van der Waals surface area contributed by atoms with Gasteiger partial charge in [0.1, 0.15) is 0 Å². The third kappa shape index (κ3) is 4.85. The number of hydrogen-bond donors (Lipinski definition) is 1. The van der Waals surface area contributed by atoms with E-state index >= 15 is 0 Å². The van der Waals surface area contributed by atoms with E-state index in [0.29, 0.717) is 6.04 Å². The second-order valence-corrected chi connectivity index (χ2v) is 7.09. The largest absolute Gasteiger partial charge is 0.315 e. The molecule has 0 atom stereocenters. The summed E-state index contributed by atoms with van der Waals surface area (Å²) in [6.45, 7) is 17.2. The summed E-state index contributed by atoms with van der Waals surface area (Å²) >= 11 is 0. The Bertz CT molecular complexity index is 418. The molecule has 0 aliphatic heterocycles. The molecule has 1 aromatic rings. The van der Waals surface area contributed by atoms with Gasteiger partial charge in [-0.25, -0.2) is 0 Å². The second-order valence-electron chi connectivity index (χ2n) is 7.09. The van der Waals surface area contributed by atoms with Crippen LogP contribution in [0.1, 0.15) is 77.1 Å². The van der Waals surface area contributed by atoms with Gasteiger partial charge in [-0.1, -0.05) is 60.6 Å². The summed E-state index contributed by atoms with van der Waals surface area (Å²) in [7, 11) is 0. The zero-order valence-corrected chi connectivity index (χ0v) is 15.3. The molecule has 1 aromatic carbocycles. The van der Waals surface area contributed by atoms with Crippen LogP contribution in [-0.4, -0.2) is 12.6 Å². The molecule has 0 spiro atoms. The SMILES string of the molecule is CCc1cc(CC)c(C(C)(C)CCNC(C)C)c(CC)c1. The van der Waals surface area contributed by atoms with Gasteiger partial charge in [0, 0.05) is 6.04 Å². The predicted molar refractivity (Wildman–Crippen MR) is 95.4 cm³/mol. The summed E-state index contributed by atoms with van der Waals surface area (Å²) in [5.74, 6) is 0. The minimum atomic E-state index is 0.241. The Labute approximate surface area is 132 Å². The maximum atomic E-state index is 3.57. The van der Waals surface area contributed by atoms with E-state index < -0.39 is 0 Å². The van der Waals surface area contributed by atoms with E-state index in [4.69, 9.17) is 0 Å². The van der Waals surface area contributed by atoms with Crippen molar-refractivity contribution in [3.63, 3.8) is 0 Å². The molecule has 0 bridgehead atoms. The van der Waals surface area contributed by atoms with Crippen molar-refractivity contribution in [3.05, 3.63) is 34.4 Å². The highest BCUT2D eigenvalue weighted by Gasteiger charge is 2.25. The minimum absolute atomic E-state index is 0.241. The normalized spacial score (nSPS) is 12.2. The van der Waals surface area contributed by atoms with Gasteiger partial charge in [-0.2, -0.15) is 0 Å². The van der Waals surface area contributed by atoms with Crippen molar-refractivity contribution >= 4 is 0 Å². The molecule has 1 rings (SSSR count). The van der Waals surface area contributed by atoms with Crippen LogP contribution in [0.2, 0.25) is 0 Å². The second kappa shape index (κ2) is 7.98. The van der Waals surface area contributed by atoms with Crippen molar-refractivity contribution in [2.45, 2.75) is 85.6 Å². The lowest BCUT2D eigenvalue weighted by atomic mass is 9.74. The number of nitrogens with one attached hydrogen (secondary N) is 1. The fourth-order valence-corrected chi connectivity index (χ4v) is 3.27. The van der Waals surface area contributed by atoms with Crippen LogP contribution in [0, 0.1) is 0 Å². The van der Waals surface area contributed by atoms with Gasteiger partial charge in [0.25, 0.3) is 0 Å². The molecule has 21 heavy (non-hydrogen) atoms. The summed E-state index contributed by atoms with van der Waals surface area (Å²) in [4.78, 5) is 0.